The van der Waals surface area contributed by atoms with E-state index in [0.717, 1.165) is 0 Å². The summed E-state index contributed by atoms with van der Waals surface area (Å²) in [5.41, 5.74) is 0. The first-order valence-electron chi connectivity index (χ1n) is 7.70. The lowest BCUT2D eigenvalue weighted by atomic mass is 9.94. The highest BCUT2D eigenvalue weighted by atomic mass is 19.4. The van der Waals surface area contributed by atoms with Gasteiger partial charge in [-0.2, -0.15) is 74.6 Å². The lowest BCUT2D eigenvalue weighted by Gasteiger charge is -2.43. The molecule has 1 aliphatic heterocycles. The second-order valence-corrected chi connectivity index (χ2v) is 6.62. The van der Waals surface area contributed by atoms with Crippen LogP contribution in [0.4, 0.5) is 92.2 Å². The Balaban J connectivity index is 4.04. The number of ether oxygens (including phenoxy) is 2. The van der Waals surface area contributed by atoms with Crippen LogP contribution in [0.1, 0.15) is 0 Å². The monoisotopic (exact) mass is 594 g/mol. The predicted octanol–water partition coefficient (Wildman–Crippen LogP) is 5.92. The second kappa shape index (κ2) is 7.96. The third-order valence-corrected chi connectivity index (χ3v) is 4.32. The second-order valence-electron chi connectivity index (χ2n) is 6.62. The van der Waals surface area contributed by atoms with Crippen molar-refractivity contribution in [2.45, 2.75) is 72.2 Å². The molecule has 0 radical (unpaired) electrons. The average molecular weight is 594 g/mol. The fourth-order valence-electron chi connectivity index (χ4n) is 2.31. The molecule has 0 amide bonds. The Labute approximate surface area is 180 Å². The maximum Gasteiger partial charge on any atom is 0.424 e. The lowest BCUT2D eigenvalue weighted by Crippen LogP contribution is -2.74. The molecule has 2 unspecified atom stereocenters. The van der Waals surface area contributed by atoms with E-state index in [0.29, 0.717) is 0 Å². The molecule has 3 nitrogen and oxygen atoms in total. The molecule has 216 valence electrons. The van der Waals surface area contributed by atoms with Crippen molar-refractivity contribution in [3.8, 4) is 0 Å². The Morgan fingerprint density at radius 2 is 0.833 bits per heavy atom. The number of rotatable bonds is 9. The number of alkyl halides is 21. The molecule has 0 aromatic heterocycles. The van der Waals surface area contributed by atoms with Crippen LogP contribution in [0, 0.1) is 0 Å². The summed E-state index contributed by atoms with van der Waals surface area (Å²) in [7, 11) is 0. The Bertz CT molecular complexity index is 832. The Morgan fingerprint density at radius 1 is 0.528 bits per heavy atom. The summed E-state index contributed by atoms with van der Waals surface area (Å²) in [6, 6.07) is 0. The van der Waals surface area contributed by atoms with Crippen LogP contribution in [0.15, 0.2) is 0 Å². The molecule has 1 saturated heterocycles. The maximum absolute atomic E-state index is 14.3. The predicted molar refractivity (Wildman–Crippen MR) is 62.5 cm³/mol. The van der Waals surface area contributed by atoms with Gasteiger partial charge < -0.3 is 5.11 Å². The van der Waals surface area contributed by atoms with Crippen molar-refractivity contribution in [2.75, 3.05) is 0 Å². The van der Waals surface area contributed by atoms with Gasteiger partial charge in [0.25, 0.3) is 0 Å². The molecule has 36 heavy (non-hydrogen) atoms. The van der Waals surface area contributed by atoms with Crippen molar-refractivity contribution >= 4 is 0 Å². The van der Waals surface area contributed by atoms with Crippen LogP contribution in [0.3, 0.4) is 0 Å². The number of aliphatic hydroxyl groups is 1. The fraction of sp³-hybridized carbons (Fsp3) is 1.00. The maximum atomic E-state index is 14.3. The van der Waals surface area contributed by atoms with Crippen molar-refractivity contribution in [3.05, 3.63) is 0 Å². The van der Waals surface area contributed by atoms with Gasteiger partial charge in [0.05, 0.1) is 0 Å². The van der Waals surface area contributed by atoms with Crippen LogP contribution in [0.25, 0.3) is 0 Å². The van der Waals surface area contributed by atoms with Crippen molar-refractivity contribution in [3.63, 3.8) is 0 Å². The summed E-state index contributed by atoms with van der Waals surface area (Å²) >= 11 is 0. The molecule has 2 atom stereocenters. The molecule has 1 fully saturated rings. The first kappa shape index (κ1) is 32.4. The van der Waals surface area contributed by atoms with E-state index in [1.165, 1.54) is 0 Å². The van der Waals surface area contributed by atoms with Gasteiger partial charge in [0.2, 0.25) is 0 Å². The van der Waals surface area contributed by atoms with Gasteiger partial charge >= 0.3 is 72.2 Å². The minimum atomic E-state index is -8.53. The molecule has 1 heterocycles. The average Bonchev–Trinajstić information content (AvgIpc) is 2.89. The molecule has 1 rings (SSSR count). The highest BCUT2D eigenvalue weighted by molar-refractivity contribution is 5.16. The van der Waals surface area contributed by atoms with E-state index in [-0.39, 0.29) is 0 Å². The molecule has 0 aliphatic carbocycles. The van der Waals surface area contributed by atoms with Crippen molar-refractivity contribution in [1.29, 1.82) is 0 Å². The van der Waals surface area contributed by atoms with E-state index in [1.54, 1.807) is 9.47 Å². The van der Waals surface area contributed by atoms with E-state index in [4.69, 9.17) is 5.11 Å². The Hall–Kier alpha value is -1.59. The third-order valence-electron chi connectivity index (χ3n) is 4.32. The van der Waals surface area contributed by atoms with Crippen LogP contribution in [0.2, 0.25) is 0 Å². The first-order valence-corrected chi connectivity index (χ1v) is 7.70. The van der Waals surface area contributed by atoms with E-state index in [1.807, 2.05) is 0 Å². The van der Waals surface area contributed by atoms with Crippen LogP contribution in [-0.2, 0) is 9.47 Å². The molecule has 1 aliphatic rings. The van der Waals surface area contributed by atoms with Gasteiger partial charge in [0.1, 0.15) is 0 Å². The fourth-order valence-corrected chi connectivity index (χ4v) is 2.31. The van der Waals surface area contributed by atoms with Gasteiger partial charge in [-0.3, -0.25) is 9.47 Å². The summed E-state index contributed by atoms with van der Waals surface area (Å²) < 4.78 is 281. The van der Waals surface area contributed by atoms with E-state index in [9.17, 15) is 92.2 Å². The highest BCUT2D eigenvalue weighted by Crippen LogP contribution is 2.68. The van der Waals surface area contributed by atoms with Gasteiger partial charge in [0, 0.05) is 0 Å². The van der Waals surface area contributed by atoms with Crippen LogP contribution >= 0.6 is 0 Å². The summed E-state index contributed by atoms with van der Waals surface area (Å²) in [5, 5.41) is 8.22. The van der Waals surface area contributed by atoms with Crippen molar-refractivity contribution in [1.82, 2.24) is 0 Å². The largest absolute Gasteiger partial charge is 0.424 e. The lowest BCUT2D eigenvalue weighted by molar-refractivity contribution is -0.501. The Kier molecular flexibility index (Phi) is 7.17. The molecule has 0 bridgehead atoms. The number of hydrogen-bond acceptors (Lipinski definition) is 3. The van der Waals surface area contributed by atoms with Gasteiger partial charge in [-0.1, -0.05) is 0 Å². The third kappa shape index (κ3) is 3.59. The highest BCUT2D eigenvalue weighted by Gasteiger charge is 2.99. The standard InChI is InChI=1S/C12H3F21O3/c13-1(14)3(17,18)5(21,22)7(25,26)9(29)12(32,33)36-10(35-9,11(30,31)34)8(27,28)6(23,24)4(19,20)2(15)16/h1-2,34H. The van der Waals surface area contributed by atoms with Crippen LogP contribution in [-0.4, -0.2) is 77.4 Å². The van der Waals surface area contributed by atoms with Crippen LogP contribution in [0.5, 0.6) is 0 Å². The normalized spacial score (nSPS) is 27.3. The molecule has 0 spiro atoms. The summed E-state index contributed by atoms with van der Waals surface area (Å²) in [6.07, 6.45) is -27.7. The van der Waals surface area contributed by atoms with Gasteiger partial charge in [-0.25, -0.2) is 17.6 Å². The van der Waals surface area contributed by atoms with Crippen LogP contribution < -0.4 is 0 Å². The smallest absolute Gasteiger partial charge is 0.332 e. The first-order chi connectivity index (χ1) is 15.3. The zero-order valence-electron chi connectivity index (χ0n) is 15.4. The van der Waals surface area contributed by atoms with Crippen molar-refractivity contribution in [2.24, 2.45) is 0 Å². The van der Waals surface area contributed by atoms with E-state index >= 15 is 0 Å². The SMILES string of the molecule is OC(F)(F)C1(C(F)(F)C(F)(F)C(F)(F)C(F)F)OC(F)(F)C(F)(C(F)(F)C(F)(F)C(F)(F)C(F)F)O1. The number of halogens is 21. The van der Waals surface area contributed by atoms with Gasteiger partial charge in [-0.05, 0) is 0 Å². The number of hydrogen-bond donors (Lipinski definition) is 1. The minimum Gasteiger partial charge on any atom is -0.332 e. The van der Waals surface area contributed by atoms with Crippen molar-refractivity contribution < 1.29 is 107 Å². The zero-order valence-corrected chi connectivity index (χ0v) is 15.4. The molecule has 0 aromatic carbocycles. The topological polar surface area (TPSA) is 38.7 Å². The van der Waals surface area contributed by atoms with Gasteiger partial charge in [-0.15, -0.1) is 0 Å². The summed E-state index contributed by atoms with van der Waals surface area (Å²) in [6.45, 7) is 0. The van der Waals surface area contributed by atoms with E-state index < -0.39 is 72.2 Å². The van der Waals surface area contributed by atoms with E-state index in [2.05, 4.69) is 0 Å². The molecular formula is C12H3F21O3. The van der Waals surface area contributed by atoms with Gasteiger partial charge in [0.15, 0.2) is 0 Å². The summed E-state index contributed by atoms with van der Waals surface area (Å²) in [5.74, 6) is -65.1. The Morgan fingerprint density at radius 3 is 1.11 bits per heavy atom. The quantitative estimate of drug-likeness (QED) is 0.338. The minimum absolute atomic E-state index is 1.71. The molecular weight excluding hydrogens is 591 g/mol. The molecule has 0 aromatic rings. The molecule has 0 saturated carbocycles. The molecule has 24 heteroatoms. The molecule has 1 N–H and O–H groups in total. The zero-order chi connectivity index (χ0) is 29.6. The summed E-state index contributed by atoms with van der Waals surface area (Å²) in [4.78, 5) is 0.